The topological polar surface area (TPSA) is 85.8 Å². The van der Waals surface area contributed by atoms with Gasteiger partial charge in [-0.25, -0.2) is 8.78 Å². The summed E-state index contributed by atoms with van der Waals surface area (Å²) in [6.45, 7) is 3.66. The Kier molecular flexibility index (Phi) is 6.37. The Labute approximate surface area is 201 Å². The van der Waals surface area contributed by atoms with E-state index in [1.807, 2.05) is 0 Å². The molecule has 188 valence electrons. The highest BCUT2D eigenvalue weighted by atomic mass is 19.4. The second kappa shape index (κ2) is 9.17. The van der Waals surface area contributed by atoms with Gasteiger partial charge >= 0.3 is 6.18 Å². The summed E-state index contributed by atoms with van der Waals surface area (Å²) in [7, 11) is 0. The number of hydrogen-bond donors (Lipinski definition) is 1. The number of nitrogens with zero attached hydrogens (tertiary/aromatic N) is 4. The lowest BCUT2D eigenvalue weighted by atomic mass is 9.94. The van der Waals surface area contributed by atoms with Crippen molar-refractivity contribution in [3.63, 3.8) is 0 Å². The van der Waals surface area contributed by atoms with Gasteiger partial charge in [0.05, 0.1) is 29.2 Å². The van der Waals surface area contributed by atoms with E-state index in [0.717, 1.165) is 12.1 Å². The molecule has 3 aromatic heterocycles. The molecule has 7 nitrogen and oxygen atoms in total. The van der Waals surface area contributed by atoms with Crippen molar-refractivity contribution in [1.82, 2.24) is 19.9 Å². The van der Waals surface area contributed by atoms with Gasteiger partial charge in [-0.1, -0.05) is 17.3 Å². The predicted octanol–water partition coefficient (Wildman–Crippen LogP) is 6.23. The maximum absolute atomic E-state index is 14.3. The molecule has 0 bridgehead atoms. The summed E-state index contributed by atoms with van der Waals surface area (Å²) in [6, 6.07) is 7.95. The molecule has 1 amide bonds. The lowest BCUT2D eigenvalue weighted by Crippen LogP contribution is -2.19. The van der Waals surface area contributed by atoms with Gasteiger partial charge in [-0.15, -0.1) is 0 Å². The second-order valence-corrected chi connectivity index (χ2v) is 8.20. The van der Waals surface area contributed by atoms with Crippen molar-refractivity contribution in [2.75, 3.05) is 5.32 Å². The highest BCUT2D eigenvalue weighted by Crippen LogP contribution is 2.39. The monoisotopic (exact) mass is 505 g/mol. The lowest BCUT2D eigenvalue weighted by Gasteiger charge is -2.23. The first-order valence-corrected chi connectivity index (χ1v) is 10.7. The van der Waals surface area contributed by atoms with Crippen molar-refractivity contribution < 1.29 is 31.3 Å². The Hall–Kier alpha value is -4.09. The molecule has 4 rings (SSSR count). The number of alkyl halides is 5. The number of halogens is 5. The maximum atomic E-state index is 14.3. The van der Waals surface area contributed by atoms with Gasteiger partial charge in [-0.05, 0) is 43.7 Å². The molecule has 1 unspecified atom stereocenters. The van der Waals surface area contributed by atoms with E-state index < -0.39 is 35.2 Å². The Morgan fingerprint density at radius 2 is 1.86 bits per heavy atom. The fourth-order valence-corrected chi connectivity index (χ4v) is 3.74. The van der Waals surface area contributed by atoms with E-state index in [9.17, 15) is 26.7 Å². The fourth-order valence-electron chi connectivity index (χ4n) is 3.74. The summed E-state index contributed by atoms with van der Waals surface area (Å²) < 4.78 is 74.4. The van der Waals surface area contributed by atoms with Crippen LogP contribution in [0.1, 0.15) is 52.8 Å². The first-order valence-electron chi connectivity index (χ1n) is 10.7. The third-order valence-corrected chi connectivity index (χ3v) is 5.62. The largest absolute Gasteiger partial charge is 0.416 e. The summed E-state index contributed by atoms with van der Waals surface area (Å²) in [5, 5.41) is 10.5. The maximum Gasteiger partial charge on any atom is 0.416 e. The first kappa shape index (κ1) is 25.0. The number of anilines is 1. The molecular weight excluding hydrogens is 485 g/mol. The quantitative estimate of drug-likeness (QED) is 0.314. The van der Waals surface area contributed by atoms with Crippen LogP contribution in [-0.2, 0) is 12.1 Å². The van der Waals surface area contributed by atoms with Gasteiger partial charge in [0.2, 0.25) is 0 Å². The number of amides is 1. The molecule has 1 aromatic carbocycles. The van der Waals surface area contributed by atoms with Crippen LogP contribution in [0.3, 0.4) is 0 Å². The molecule has 0 aliphatic carbocycles. The van der Waals surface area contributed by atoms with E-state index in [1.54, 1.807) is 31.3 Å². The van der Waals surface area contributed by atoms with E-state index in [4.69, 9.17) is 4.52 Å². The molecule has 0 radical (unpaired) electrons. The van der Waals surface area contributed by atoms with E-state index in [1.165, 1.54) is 23.9 Å². The molecule has 0 aliphatic heterocycles. The van der Waals surface area contributed by atoms with Crippen molar-refractivity contribution in [1.29, 1.82) is 0 Å². The zero-order valence-electron chi connectivity index (χ0n) is 19.3. The zero-order chi connectivity index (χ0) is 26.3. The predicted molar refractivity (Wildman–Crippen MR) is 119 cm³/mol. The molecule has 3 heterocycles. The molecule has 0 aliphatic rings. The number of pyridine rings is 1. The van der Waals surface area contributed by atoms with Crippen molar-refractivity contribution in [3.8, 4) is 11.5 Å². The third-order valence-electron chi connectivity index (χ3n) is 5.62. The molecular formula is C24H20F5N5O2. The van der Waals surface area contributed by atoms with E-state index in [-0.39, 0.29) is 22.7 Å². The summed E-state index contributed by atoms with van der Waals surface area (Å²) in [5.41, 5.74) is -0.821. The number of hydrogen-bond acceptors (Lipinski definition) is 5. The van der Waals surface area contributed by atoms with Crippen LogP contribution in [0.2, 0.25) is 0 Å². The summed E-state index contributed by atoms with van der Waals surface area (Å²) >= 11 is 0. The Balaban J connectivity index is 1.59. The van der Waals surface area contributed by atoms with Gasteiger partial charge in [-0.3, -0.25) is 14.5 Å². The standard InChI is InChI=1S/C24H20F5N5O2/c1-13(16-8-7-15(24(27,28)29)10-17(16)23(3,25)26)34-14(2)20(12-31-34)32-22(35)19-11-21(36-33-19)18-6-4-5-9-30-18/h4-13H,1-3H3,(H,32,35). The number of rotatable bonds is 6. The van der Waals surface area contributed by atoms with Gasteiger partial charge in [0, 0.05) is 24.8 Å². The highest BCUT2D eigenvalue weighted by molar-refractivity contribution is 6.03. The molecule has 4 aromatic rings. The first-order chi connectivity index (χ1) is 16.9. The number of benzene rings is 1. The molecule has 12 heteroatoms. The molecule has 0 fully saturated rings. The Morgan fingerprint density at radius 1 is 1.11 bits per heavy atom. The average Bonchev–Trinajstić information content (AvgIpc) is 3.45. The van der Waals surface area contributed by atoms with Crippen LogP contribution < -0.4 is 5.32 Å². The molecule has 0 saturated heterocycles. The minimum absolute atomic E-state index is 0.0218. The number of carbonyl (C=O) groups excluding carboxylic acids is 1. The zero-order valence-corrected chi connectivity index (χ0v) is 19.3. The lowest BCUT2D eigenvalue weighted by molar-refractivity contribution is -0.137. The molecule has 1 N–H and O–H groups in total. The molecule has 0 spiro atoms. The van der Waals surface area contributed by atoms with Crippen molar-refractivity contribution in [2.45, 2.75) is 38.9 Å². The Morgan fingerprint density at radius 3 is 2.50 bits per heavy atom. The van der Waals surface area contributed by atoms with Gasteiger partial charge in [-0.2, -0.15) is 18.3 Å². The van der Waals surface area contributed by atoms with Gasteiger partial charge in [0.25, 0.3) is 11.8 Å². The fraction of sp³-hybridized carbons (Fsp3) is 0.250. The van der Waals surface area contributed by atoms with Gasteiger partial charge in [0.15, 0.2) is 11.5 Å². The van der Waals surface area contributed by atoms with Crippen molar-refractivity contribution in [3.05, 3.63) is 82.9 Å². The van der Waals surface area contributed by atoms with Crippen molar-refractivity contribution in [2.24, 2.45) is 0 Å². The SMILES string of the molecule is Cc1c(NC(=O)c2cc(-c3ccccn3)on2)cnn1C(C)c1ccc(C(F)(F)F)cc1C(C)(F)F. The van der Waals surface area contributed by atoms with Gasteiger partial charge in [0.1, 0.15) is 5.69 Å². The van der Waals surface area contributed by atoms with Gasteiger partial charge < -0.3 is 9.84 Å². The normalized spacial score (nSPS) is 13.0. The number of nitrogens with one attached hydrogen (secondary N) is 1. The van der Waals surface area contributed by atoms with E-state index in [2.05, 4.69) is 20.6 Å². The summed E-state index contributed by atoms with van der Waals surface area (Å²) in [5.74, 6) is -3.84. The molecule has 0 saturated carbocycles. The van der Waals surface area contributed by atoms with Crippen LogP contribution in [0.15, 0.2) is 59.4 Å². The smallest absolute Gasteiger partial charge is 0.354 e. The molecule has 1 atom stereocenters. The van der Waals surface area contributed by atoms with Crippen LogP contribution in [0.25, 0.3) is 11.5 Å². The van der Waals surface area contributed by atoms with Crippen LogP contribution in [-0.4, -0.2) is 25.8 Å². The van der Waals surface area contributed by atoms with Crippen LogP contribution >= 0.6 is 0 Å². The Bertz CT molecular complexity index is 1390. The van der Waals surface area contributed by atoms with Crippen LogP contribution in [0.5, 0.6) is 0 Å². The summed E-state index contributed by atoms with van der Waals surface area (Å²) in [4.78, 5) is 16.8. The highest BCUT2D eigenvalue weighted by Gasteiger charge is 2.36. The number of aromatic nitrogens is 4. The van der Waals surface area contributed by atoms with Crippen molar-refractivity contribution >= 4 is 11.6 Å². The van der Waals surface area contributed by atoms with Crippen LogP contribution in [0, 0.1) is 6.92 Å². The third kappa shape index (κ3) is 4.97. The molecule has 36 heavy (non-hydrogen) atoms. The van der Waals surface area contributed by atoms with Crippen LogP contribution in [0.4, 0.5) is 27.6 Å². The van der Waals surface area contributed by atoms with E-state index in [0.29, 0.717) is 24.4 Å². The number of carbonyl (C=O) groups is 1. The summed E-state index contributed by atoms with van der Waals surface area (Å²) in [6.07, 6.45) is -1.89. The minimum atomic E-state index is -4.77. The average molecular weight is 505 g/mol. The van der Waals surface area contributed by atoms with E-state index >= 15 is 0 Å². The second-order valence-electron chi connectivity index (χ2n) is 8.20. The minimum Gasteiger partial charge on any atom is -0.354 e.